The Morgan fingerprint density at radius 2 is 2.00 bits per heavy atom. The van der Waals surface area contributed by atoms with E-state index in [9.17, 15) is 4.79 Å². The Morgan fingerprint density at radius 1 is 1.39 bits per heavy atom. The van der Waals surface area contributed by atoms with Crippen LogP contribution >= 0.6 is 11.8 Å². The van der Waals surface area contributed by atoms with Gasteiger partial charge < -0.3 is 15.5 Å². The number of amides is 1. The number of hydrogen-bond donors (Lipinski definition) is 1. The zero-order valence-electron chi connectivity index (χ0n) is 12.1. The van der Waals surface area contributed by atoms with Gasteiger partial charge >= 0.3 is 0 Å². The van der Waals surface area contributed by atoms with Crippen LogP contribution in [-0.4, -0.2) is 67.0 Å². The van der Waals surface area contributed by atoms with E-state index in [1.165, 1.54) is 19.3 Å². The molecule has 0 aromatic heterocycles. The van der Waals surface area contributed by atoms with Crippen molar-refractivity contribution in [3.05, 3.63) is 0 Å². The lowest BCUT2D eigenvalue weighted by atomic mass is 9.75. The zero-order chi connectivity index (χ0) is 13.8. The third kappa shape index (κ3) is 3.62. The van der Waals surface area contributed by atoms with E-state index < -0.39 is 0 Å². The lowest BCUT2D eigenvalue weighted by Crippen LogP contribution is -2.58. The number of hydrogen-bond acceptors (Lipinski definition) is 4. The van der Waals surface area contributed by atoms with E-state index in [0.717, 1.165) is 18.7 Å². The number of likely N-dealkylation sites (N-methyl/N-ethyl adjacent to an activating group) is 2. The molecule has 1 aliphatic carbocycles. The number of carbonyl (C=O) groups excluding carboxylic acids is 1. The van der Waals surface area contributed by atoms with Crippen molar-refractivity contribution >= 4 is 17.7 Å². The first-order valence-electron chi connectivity index (χ1n) is 6.60. The van der Waals surface area contributed by atoms with Gasteiger partial charge in [0.25, 0.3) is 0 Å². The number of nitrogens with two attached hydrogens (primary N) is 1. The molecule has 1 amide bonds. The highest BCUT2D eigenvalue weighted by Gasteiger charge is 2.41. The standard InChI is InChI=1S/C13H27N3OS/c1-15(2)13(7-5-8-13)10-16(3)12(17)11(14)6-9-18-4/h11H,5-10,14H2,1-4H3/t11-/m1/s1. The van der Waals surface area contributed by atoms with Crippen LogP contribution in [-0.2, 0) is 4.79 Å². The SMILES string of the molecule is CSCC[C@@H](N)C(=O)N(C)CC1(N(C)C)CCC1. The Bertz CT molecular complexity index is 279. The molecule has 1 fully saturated rings. The summed E-state index contributed by atoms with van der Waals surface area (Å²) in [5.41, 5.74) is 6.12. The normalized spacial score (nSPS) is 19.4. The first-order valence-corrected chi connectivity index (χ1v) is 7.99. The summed E-state index contributed by atoms with van der Waals surface area (Å²) in [4.78, 5) is 16.2. The third-order valence-corrected chi connectivity index (χ3v) is 4.73. The molecule has 1 atom stereocenters. The van der Waals surface area contributed by atoms with Gasteiger partial charge in [-0.25, -0.2) is 0 Å². The molecular formula is C13H27N3OS. The number of thioether (sulfide) groups is 1. The molecule has 0 bridgehead atoms. The van der Waals surface area contributed by atoms with Gasteiger partial charge in [0.1, 0.15) is 0 Å². The molecule has 0 aromatic rings. The molecule has 0 radical (unpaired) electrons. The fourth-order valence-electron chi connectivity index (χ4n) is 2.50. The van der Waals surface area contributed by atoms with Crippen LogP contribution in [0.4, 0.5) is 0 Å². The minimum atomic E-state index is -0.346. The number of carbonyl (C=O) groups is 1. The van der Waals surface area contributed by atoms with Crippen molar-refractivity contribution in [1.82, 2.24) is 9.80 Å². The van der Waals surface area contributed by atoms with E-state index in [1.54, 1.807) is 11.8 Å². The molecule has 0 spiro atoms. The smallest absolute Gasteiger partial charge is 0.239 e. The maximum absolute atomic E-state index is 12.2. The van der Waals surface area contributed by atoms with Crippen molar-refractivity contribution in [1.29, 1.82) is 0 Å². The van der Waals surface area contributed by atoms with E-state index >= 15 is 0 Å². The van der Waals surface area contributed by atoms with Crippen molar-refractivity contribution in [2.75, 3.05) is 39.7 Å². The predicted octanol–water partition coefficient (Wildman–Crippen LogP) is 1.01. The van der Waals surface area contributed by atoms with Crippen molar-refractivity contribution in [3.8, 4) is 0 Å². The quantitative estimate of drug-likeness (QED) is 0.752. The van der Waals surface area contributed by atoms with Gasteiger partial charge in [-0.1, -0.05) is 0 Å². The highest BCUT2D eigenvalue weighted by Crippen LogP contribution is 2.36. The van der Waals surface area contributed by atoms with Crippen molar-refractivity contribution in [2.45, 2.75) is 37.3 Å². The lowest BCUT2D eigenvalue weighted by Gasteiger charge is -2.49. The number of nitrogens with zero attached hydrogens (tertiary/aromatic N) is 2. The van der Waals surface area contributed by atoms with E-state index in [1.807, 2.05) is 18.2 Å². The molecule has 0 aliphatic heterocycles. The molecule has 106 valence electrons. The first kappa shape index (κ1) is 15.8. The molecule has 0 heterocycles. The van der Waals surface area contributed by atoms with E-state index in [-0.39, 0.29) is 17.5 Å². The van der Waals surface area contributed by atoms with Crippen molar-refractivity contribution < 1.29 is 4.79 Å². The molecule has 5 heteroatoms. The van der Waals surface area contributed by atoms with Gasteiger partial charge in [-0.3, -0.25) is 4.79 Å². The topological polar surface area (TPSA) is 49.6 Å². The molecule has 1 rings (SSSR count). The van der Waals surface area contributed by atoms with E-state index in [0.29, 0.717) is 0 Å². The predicted molar refractivity (Wildman–Crippen MR) is 78.9 cm³/mol. The fraction of sp³-hybridized carbons (Fsp3) is 0.923. The van der Waals surface area contributed by atoms with Gasteiger partial charge in [0.05, 0.1) is 6.04 Å². The average molecular weight is 273 g/mol. The Kier molecular flexibility index (Phi) is 5.95. The third-order valence-electron chi connectivity index (χ3n) is 4.09. The summed E-state index contributed by atoms with van der Waals surface area (Å²) >= 11 is 1.73. The largest absolute Gasteiger partial charge is 0.343 e. The molecule has 1 saturated carbocycles. The minimum Gasteiger partial charge on any atom is -0.343 e. The van der Waals surface area contributed by atoms with Crippen LogP contribution in [0.15, 0.2) is 0 Å². The van der Waals surface area contributed by atoms with Gasteiger partial charge in [0.2, 0.25) is 5.91 Å². The summed E-state index contributed by atoms with van der Waals surface area (Å²) < 4.78 is 0. The summed E-state index contributed by atoms with van der Waals surface area (Å²) in [5.74, 6) is 1.02. The molecular weight excluding hydrogens is 246 g/mol. The second-order valence-electron chi connectivity index (χ2n) is 5.55. The van der Waals surface area contributed by atoms with E-state index in [4.69, 9.17) is 5.73 Å². The Labute approximate surface area is 115 Å². The van der Waals surface area contributed by atoms with Crippen LogP contribution in [0.5, 0.6) is 0 Å². The zero-order valence-corrected chi connectivity index (χ0v) is 12.9. The lowest BCUT2D eigenvalue weighted by molar-refractivity contribution is -0.134. The van der Waals surface area contributed by atoms with E-state index in [2.05, 4.69) is 19.0 Å². The number of rotatable bonds is 7. The van der Waals surface area contributed by atoms with Crippen molar-refractivity contribution in [3.63, 3.8) is 0 Å². The van der Waals surface area contributed by atoms with Crippen LogP contribution in [0.25, 0.3) is 0 Å². The highest BCUT2D eigenvalue weighted by atomic mass is 32.2. The van der Waals surface area contributed by atoms with Crippen LogP contribution < -0.4 is 5.73 Å². The van der Waals surface area contributed by atoms with Crippen molar-refractivity contribution in [2.24, 2.45) is 5.73 Å². The molecule has 1 aliphatic rings. The maximum atomic E-state index is 12.2. The monoisotopic (exact) mass is 273 g/mol. The minimum absolute atomic E-state index is 0.0807. The molecule has 0 unspecified atom stereocenters. The molecule has 0 aromatic carbocycles. The van der Waals surface area contributed by atoms with Crippen LogP contribution in [0.1, 0.15) is 25.7 Å². The fourth-order valence-corrected chi connectivity index (χ4v) is 2.99. The summed E-state index contributed by atoms with van der Waals surface area (Å²) in [6.07, 6.45) is 6.42. The molecule has 18 heavy (non-hydrogen) atoms. The first-order chi connectivity index (χ1) is 8.43. The van der Waals surface area contributed by atoms with Crippen LogP contribution in [0, 0.1) is 0 Å². The second kappa shape index (κ2) is 6.78. The molecule has 0 saturated heterocycles. The van der Waals surface area contributed by atoms with Gasteiger partial charge in [-0.2, -0.15) is 11.8 Å². The van der Waals surface area contributed by atoms with Crippen LogP contribution in [0.3, 0.4) is 0 Å². The van der Waals surface area contributed by atoms with Crippen LogP contribution in [0.2, 0.25) is 0 Å². The summed E-state index contributed by atoms with van der Waals surface area (Å²) in [6, 6.07) is -0.346. The average Bonchev–Trinajstić information content (AvgIpc) is 2.28. The maximum Gasteiger partial charge on any atom is 0.239 e. The summed E-state index contributed by atoms with van der Waals surface area (Å²) in [5, 5.41) is 0. The summed E-state index contributed by atoms with van der Waals surface area (Å²) in [7, 11) is 6.08. The Morgan fingerprint density at radius 3 is 2.39 bits per heavy atom. The molecule has 4 nitrogen and oxygen atoms in total. The van der Waals surface area contributed by atoms with Gasteiger partial charge in [-0.05, 0) is 51.8 Å². The van der Waals surface area contributed by atoms with Gasteiger partial charge in [-0.15, -0.1) is 0 Å². The van der Waals surface area contributed by atoms with Gasteiger partial charge in [0.15, 0.2) is 0 Å². The summed E-state index contributed by atoms with van der Waals surface area (Å²) in [6.45, 7) is 0.797. The Hall–Kier alpha value is -0.260. The van der Waals surface area contributed by atoms with Gasteiger partial charge in [0, 0.05) is 19.1 Å². The Balaban J connectivity index is 2.48. The second-order valence-corrected chi connectivity index (χ2v) is 6.54. The molecule has 2 N–H and O–H groups in total. The highest BCUT2D eigenvalue weighted by molar-refractivity contribution is 7.98.